The van der Waals surface area contributed by atoms with Crippen LogP contribution in [0.1, 0.15) is 32.0 Å². The van der Waals surface area contributed by atoms with Crippen LogP contribution in [0.15, 0.2) is 97.1 Å². The van der Waals surface area contributed by atoms with E-state index in [1.54, 1.807) is 26.0 Å². The van der Waals surface area contributed by atoms with Crippen molar-refractivity contribution in [3.05, 3.63) is 108 Å². The molecule has 0 aliphatic carbocycles. The molecular formula is C35H44N2O5SSi. The number of hydrogen-bond donors (Lipinski definition) is 0. The number of aromatic nitrogens is 2. The Morgan fingerprint density at radius 3 is 1.86 bits per heavy atom. The molecule has 4 rings (SSSR count). The summed E-state index contributed by atoms with van der Waals surface area (Å²) in [6.45, 7) is 7.83. The van der Waals surface area contributed by atoms with Crippen molar-refractivity contribution in [2.45, 2.75) is 44.4 Å². The van der Waals surface area contributed by atoms with Crippen molar-refractivity contribution in [2.75, 3.05) is 39.6 Å². The topological polar surface area (TPSA) is 71.9 Å². The highest BCUT2D eigenvalue weighted by Gasteiger charge is 2.51. The molecule has 0 radical (unpaired) electrons. The number of benzene rings is 3. The predicted molar refractivity (Wildman–Crippen MR) is 181 cm³/mol. The highest BCUT2D eigenvalue weighted by atomic mass is 32.2. The molecule has 0 fully saturated rings. The first-order chi connectivity index (χ1) is 21.2. The summed E-state index contributed by atoms with van der Waals surface area (Å²) in [5.41, 5.74) is 0.920. The van der Waals surface area contributed by atoms with Gasteiger partial charge in [0.2, 0.25) is 5.88 Å². The molecule has 3 aromatic carbocycles. The van der Waals surface area contributed by atoms with Crippen LogP contribution in [0.2, 0.25) is 5.04 Å². The summed E-state index contributed by atoms with van der Waals surface area (Å²) >= 11 is 1.61. The zero-order valence-electron chi connectivity index (χ0n) is 26.6. The molecule has 44 heavy (non-hydrogen) atoms. The Bertz CT molecular complexity index is 1360. The van der Waals surface area contributed by atoms with Crippen molar-refractivity contribution < 1.29 is 23.4 Å². The average molecular weight is 633 g/mol. The molecule has 0 saturated heterocycles. The molecule has 0 amide bonds. The number of thioether (sulfide) groups is 1. The van der Waals surface area contributed by atoms with Gasteiger partial charge in [0.1, 0.15) is 5.60 Å². The minimum Gasteiger partial charge on any atom is -0.481 e. The Morgan fingerprint density at radius 1 is 0.750 bits per heavy atom. The maximum absolute atomic E-state index is 7.44. The summed E-state index contributed by atoms with van der Waals surface area (Å²) < 4.78 is 31.5. The lowest BCUT2D eigenvalue weighted by Gasteiger charge is -2.45. The molecule has 1 heterocycles. The van der Waals surface area contributed by atoms with Gasteiger partial charge in [0, 0.05) is 12.5 Å². The van der Waals surface area contributed by atoms with Crippen LogP contribution in [-0.2, 0) is 26.9 Å². The number of ether oxygens (including phenoxy) is 4. The zero-order valence-corrected chi connectivity index (χ0v) is 28.4. The van der Waals surface area contributed by atoms with Crippen LogP contribution in [0, 0.1) is 0 Å². The van der Waals surface area contributed by atoms with Gasteiger partial charge in [-0.15, -0.1) is 11.8 Å². The molecule has 234 valence electrons. The van der Waals surface area contributed by atoms with E-state index in [-0.39, 0.29) is 24.3 Å². The maximum Gasteiger partial charge on any atom is 0.319 e. The van der Waals surface area contributed by atoms with Gasteiger partial charge in [0.25, 0.3) is 8.32 Å². The normalized spacial score (nSPS) is 13.3. The van der Waals surface area contributed by atoms with E-state index in [4.69, 9.17) is 23.4 Å². The van der Waals surface area contributed by atoms with E-state index in [0.29, 0.717) is 30.5 Å². The Kier molecular flexibility index (Phi) is 12.0. The molecule has 1 atom stereocenters. The van der Waals surface area contributed by atoms with Crippen molar-refractivity contribution in [2.24, 2.45) is 0 Å². The van der Waals surface area contributed by atoms with Crippen LogP contribution in [0.5, 0.6) is 11.9 Å². The number of methoxy groups -OCH3 is 2. The molecule has 0 aliphatic rings. The molecule has 0 aliphatic heterocycles. The second-order valence-electron chi connectivity index (χ2n) is 11.7. The van der Waals surface area contributed by atoms with E-state index in [0.717, 1.165) is 5.56 Å². The average Bonchev–Trinajstić information content (AvgIpc) is 3.04. The predicted octanol–water partition coefficient (Wildman–Crippen LogP) is 5.91. The third-order valence-electron chi connectivity index (χ3n) is 7.56. The van der Waals surface area contributed by atoms with Crippen LogP contribution in [0.3, 0.4) is 0 Å². The van der Waals surface area contributed by atoms with Gasteiger partial charge in [-0.3, -0.25) is 0 Å². The first-order valence-electron chi connectivity index (χ1n) is 14.7. The van der Waals surface area contributed by atoms with E-state index >= 15 is 0 Å². The number of nitrogens with zero attached hydrogens (tertiary/aromatic N) is 2. The highest BCUT2D eigenvalue weighted by Crippen LogP contribution is 2.38. The molecule has 0 saturated carbocycles. The third kappa shape index (κ3) is 8.28. The Hall–Kier alpha value is -3.21. The Labute approximate surface area is 267 Å². The molecule has 1 aromatic heterocycles. The number of rotatable bonds is 16. The molecule has 1 unspecified atom stereocenters. The summed E-state index contributed by atoms with van der Waals surface area (Å²) in [5.74, 6) is 0.877. The quantitative estimate of drug-likeness (QED) is 0.112. The molecule has 0 spiro atoms. The van der Waals surface area contributed by atoms with Crippen LogP contribution >= 0.6 is 11.8 Å². The molecule has 0 N–H and O–H groups in total. The van der Waals surface area contributed by atoms with E-state index in [1.165, 1.54) is 10.4 Å². The first-order valence-corrected chi connectivity index (χ1v) is 18.0. The first kappa shape index (κ1) is 33.7. The van der Waals surface area contributed by atoms with E-state index < -0.39 is 13.9 Å². The number of hydrogen-bond acceptors (Lipinski definition) is 8. The van der Waals surface area contributed by atoms with Crippen molar-refractivity contribution in [1.29, 1.82) is 0 Å². The van der Waals surface area contributed by atoms with Gasteiger partial charge >= 0.3 is 6.01 Å². The summed E-state index contributed by atoms with van der Waals surface area (Å²) in [6.07, 6.45) is 2.42. The molecule has 0 bridgehead atoms. The van der Waals surface area contributed by atoms with E-state index in [1.807, 2.05) is 30.5 Å². The van der Waals surface area contributed by atoms with Crippen LogP contribution < -0.4 is 19.8 Å². The summed E-state index contributed by atoms with van der Waals surface area (Å²) in [4.78, 5) is 8.97. The minimum atomic E-state index is -2.88. The van der Waals surface area contributed by atoms with Crippen LogP contribution in [0.4, 0.5) is 0 Å². The van der Waals surface area contributed by atoms with Crippen molar-refractivity contribution >= 4 is 30.5 Å². The monoisotopic (exact) mass is 632 g/mol. The Morgan fingerprint density at radius 2 is 1.34 bits per heavy atom. The lowest BCUT2D eigenvalue weighted by Crippen LogP contribution is -2.68. The van der Waals surface area contributed by atoms with E-state index in [2.05, 4.69) is 104 Å². The minimum absolute atomic E-state index is 0.201. The lowest BCUT2D eigenvalue weighted by molar-refractivity contribution is -0.108. The van der Waals surface area contributed by atoms with Gasteiger partial charge in [0.05, 0.1) is 45.7 Å². The third-order valence-corrected chi connectivity index (χ3v) is 12.9. The van der Waals surface area contributed by atoms with E-state index in [9.17, 15) is 0 Å². The molecule has 7 nitrogen and oxygen atoms in total. The van der Waals surface area contributed by atoms with Gasteiger partial charge in [-0.2, -0.15) is 9.97 Å². The fraction of sp³-hybridized carbons (Fsp3) is 0.371. The fourth-order valence-corrected chi connectivity index (χ4v) is 10.5. The summed E-state index contributed by atoms with van der Waals surface area (Å²) in [5, 5.41) is 2.20. The summed E-state index contributed by atoms with van der Waals surface area (Å²) in [7, 11) is 0.249. The van der Waals surface area contributed by atoms with Gasteiger partial charge in [-0.25, -0.2) is 0 Å². The SMILES string of the molecule is COc1cc(CC(COCc2ccccc2)(CO[Si](c2ccccc2)(c2ccccc2)C(C)(C)C)OCSC)nc(OC)n1. The van der Waals surface area contributed by atoms with Crippen LogP contribution in [0.25, 0.3) is 0 Å². The molecular weight excluding hydrogens is 589 g/mol. The second-order valence-corrected chi connectivity index (χ2v) is 16.8. The van der Waals surface area contributed by atoms with Crippen LogP contribution in [-0.4, -0.2) is 63.5 Å². The molecule has 9 heteroatoms. The lowest BCUT2D eigenvalue weighted by atomic mass is 9.99. The fourth-order valence-electron chi connectivity index (χ4n) is 5.46. The smallest absolute Gasteiger partial charge is 0.319 e. The summed E-state index contributed by atoms with van der Waals surface area (Å²) in [6, 6.07) is 33.5. The van der Waals surface area contributed by atoms with Crippen molar-refractivity contribution in [3.8, 4) is 11.9 Å². The maximum atomic E-state index is 7.44. The second kappa shape index (κ2) is 15.7. The van der Waals surface area contributed by atoms with Gasteiger partial charge in [0.15, 0.2) is 0 Å². The standard InChI is InChI=1S/C35H44N2O5SSi/c1-34(2,3)44(30-18-12-8-13-19-30,31-20-14-9-15-21-31)42-26-35(41-27-43-6,25-40-24-28-16-10-7-11-17-28)23-29-22-32(38-4)37-33(36-29)39-5/h7-22H,23-27H2,1-6H3. The zero-order chi connectivity index (χ0) is 31.5. The Balaban J connectivity index is 1.80. The van der Waals surface area contributed by atoms with Crippen molar-refractivity contribution in [1.82, 2.24) is 9.97 Å². The van der Waals surface area contributed by atoms with Crippen molar-refractivity contribution in [3.63, 3.8) is 0 Å². The highest BCUT2D eigenvalue weighted by molar-refractivity contribution is 7.98. The van der Waals surface area contributed by atoms with Gasteiger partial charge in [-0.05, 0) is 27.2 Å². The largest absolute Gasteiger partial charge is 0.481 e. The van der Waals surface area contributed by atoms with Gasteiger partial charge < -0.3 is 23.4 Å². The van der Waals surface area contributed by atoms with Gasteiger partial charge in [-0.1, -0.05) is 112 Å². The molecule has 4 aromatic rings.